The number of hydrogen-bond donors (Lipinski definition) is 0. The van der Waals surface area contributed by atoms with Gasteiger partial charge in [-0.25, -0.2) is 5.01 Å². The third-order valence-electron chi connectivity index (χ3n) is 4.22. The summed E-state index contributed by atoms with van der Waals surface area (Å²) in [4.78, 5) is 38.1. The summed E-state index contributed by atoms with van der Waals surface area (Å²) in [5.41, 5.74) is 1.23. The summed E-state index contributed by atoms with van der Waals surface area (Å²) in [5, 5.41) is 3.07. The molecule has 2 amide bonds. The molecular weight excluding hydrogens is 308 g/mol. The molecule has 1 atom stereocenters. The van der Waals surface area contributed by atoms with Gasteiger partial charge in [-0.05, 0) is 19.0 Å². The lowest BCUT2D eigenvalue weighted by atomic mass is 10.1. The van der Waals surface area contributed by atoms with E-state index in [1.54, 1.807) is 12.1 Å². The summed E-state index contributed by atoms with van der Waals surface area (Å²) in [6, 6.07) is 10.1. The van der Waals surface area contributed by atoms with Crippen molar-refractivity contribution in [2.45, 2.75) is 12.6 Å². The molecule has 7 heteroatoms. The lowest BCUT2D eigenvalue weighted by Gasteiger charge is -2.46. The van der Waals surface area contributed by atoms with Crippen LogP contribution in [-0.2, 0) is 20.8 Å². The summed E-state index contributed by atoms with van der Waals surface area (Å²) >= 11 is 0. The second kappa shape index (κ2) is 8.56. The third-order valence-corrected chi connectivity index (χ3v) is 4.22. The molecule has 0 radical (unpaired) electrons. The topological polar surface area (TPSA) is 64.2 Å². The van der Waals surface area contributed by atoms with E-state index in [1.807, 2.05) is 25.2 Å². The molecule has 2 rings (SSSR count). The molecule has 1 fully saturated rings. The first-order chi connectivity index (χ1) is 11.6. The van der Waals surface area contributed by atoms with Gasteiger partial charge in [0.1, 0.15) is 12.5 Å². The number of carbonyl (C=O) groups excluding carboxylic acids is 3. The van der Waals surface area contributed by atoms with Crippen molar-refractivity contribution in [3.8, 4) is 0 Å². The summed E-state index contributed by atoms with van der Waals surface area (Å²) in [6.45, 7) is 1.36. The average molecular weight is 332 g/mol. The molecule has 0 saturated carbocycles. The van der Waals surface area contributed by atoms with Crippen LogP contribution in [0.3, 0.4) is 0 Å². The average Bonchev–Trinajstić information content (AvgIpc) is 2.57. The van der Waals surface area contributed by atoms with Gasteiger partial charge in [0.25, 0.3) is 0 Å². The maximum Gasteiger partial charge on any atom is 0.240 e. The van der Waals surface area contributed by atoms with E-state index in [4.69, 9.17) is 0 Å². The van der Waals surface area contributed by atoms with Gasteiger partial charge in [0.2, 0.25) is 12.3 Å². The lowest BCUT2D eigenvalue weighted by Crippen LogP contribution is -2.66. The minimum atomic E-state index is -0.472. The molecule has 0 spiro atoms. The molecule has 0 N–H and O–H groups in total. The highest BCUT2D eigenvalue weighted by Crippen LogP contribution is 2.15. The number of nitrogens with zero attached hydrogens (tertiary/aromatic N) is 4. The first-order valence-electron chi connectivity index (χ1n) is 7.97. The standard InChI is InChI=1S/C17H24N4O3/c1-18(9-8-15-6-4-3-5-7-15)12-16-20(10-11-22)17(24)13-19(2)21(16)14-23/h3-7,11,14,16H,8-10,12-13H2,1-2H3. The number of benzene rings is 1. The molecule has 1 heterocycles. The van der Waals surface area contributed by atoms with Crippen molar-refractivity contribution >= 4 is 18.6 Å². The third kappa shape index (κ3) is 4.39. The van der Waals surface area contributed by atoms with E-state index in [0.717, 1.165) is 13.0 Å². The fourth-order valence-corrected chi connectivity index (χ4v) is 2.88. The Morgan fingerprint density at radius 1 is 1.25 bits per heavy atom. The van der Waals surface area contributed by atoms with E-state index in [1.165, 1.54) is 15.5 Å². The minimum absolute atomic E-state index is 0.00575. The monoisotopic (exact) mass is 332 g/mol. The van der Waals surface area contributed by atoms with Crippen LogP contribution >= 0.6 is 0 Å². The highest BCUT2D eigenvalue weighted by molar-refractivity contribution is 5.82. The number of carbonyl (C=O) groups is 3. The van der Waals surface area contributed by atoms with Gasteiger partial charge in [0, 0.05) is 20.1 Å². The lowest BCUT2D eigenvalue weighted by molar-refractivity contribution is -0.178. The molecule has 0 aliphatic carbocycles. The van der Waals surface area contributed by atoms with Crippen LogP contribution in [0.25, 0.3) is 0 Å². The fraction of sp³-hybridized carbons (Fsp3) is 0.471. The minimum Gasteiger partial charge on any atom is -0.311 e. The van der Waals surface area contributed by atoms with Gasteiger partial charge in [-0.3, -0.25) is 14.6 Å². The number of hydrogen-bond acceptors (Lipinski definition) is 5. The second-order valence-electron chi connectivity index (χ2n) is 5.99. The van der Waals surface area contributed by atoms with E-state index in [2.05, 4.69) is 17.0 Å². The maximum absolute atomic E-state index is 12.2. The van der Waals surface area contributed by atoms with Crippen molar-refractivity contribution in [3.05, 3.63) is 35.9 Å². The Hall–Kier alpha value is -2.25. The Bertz CT molecular complexity index is 566. The second-order valence-corrected chi connectivity index (χ2v) is 5.99. The van der Waals surface area contributed by atoms with Gasteiger partial charge in [0.15, 0.2) is 0 Å². The number of hydrazine groups is 1. The summed E-state index contributed by atoms with van der Waals surface area (Å²) < 4.78 is 0. The molecule has 1 aromatic carbocycles. The van der Waals surface area contributed by atoms with Gasteiger partial charge in [-0.2, -0.15) is 0 Å². The zero-order chi connectivity index (χ0) is 17.5. The van der Waals surface area contributed by atoms with Crippen LogP contribution in [0.4, 0.5) is 0 Å². The first kappa shape index (κ1) is 18.1. The Kier molecular flexibility index (Phi) is 6.45. The van der Waals surface area contributed by atoms with Crippen LogP contribution in [0.2, 0.25) is 0 Å². The van der Waals surface area contributed by atoms with Crippen LogP contribution in [0, 0.1) is 0 Å². The Morgan fingerprint density at radius 2 is 1.96 bits per heavy atom. The SMILES string of the molecule is CN(CCc1ccccc1)CC1N(CC=O)C(=O)CN(C)N1C=O. The van der Waals surface area contributed by atoms with Gasteiger partial charge < -0.3 is 14.6 Å². The van der Waals surface area contributed by atoms with Crippen molar-refractivity contribution in [2.24, 2.45) is 0 Å². The Morgan fingerprint density at radius 3 is 2.58 bits per heavy atom. The van der Waals surface area contributed by atoms with Crippen molar-refractivity contribution in [2.75, 3.05) is 40.3 Å². The van der Waals surface area contributed by atoms with Crippen molar-refractivity contribution < 1.29 is 14.4 Å². The fourth-order valence-electron chi connectivity index (χ4n) is 2.88. The van der Waals surface area contributed by atoms with E-state index < -0.39 is 6.17 Å². The zero-order valence-electron chi connectivity index (χ0n) is 14.2. The molecule has 7 nitrogen and oxygen atoms in total. The molecule has 24 heavy (non-hydrogen) atoms. The smallest absolute Gasteiger partial charge is 0.240 e. The zero-order valence-corrected chi connectivity index (χ0v) is 14.2. The Labute approximate surface area is 142 Å². The molecule has 1 unspecified atom stereocenters. The van der Waals surface area contributed by atoms with E-state index in [-0.39, 0.29) is 19.0 Å². The molecular formula is C17H24N4O3. The number of rotatable bonds is 8. The van der Waals surface area contributed by atoms with Crippen molar-refractivity contribution in [1.29, 1.82) is 0 Å². The first-order valence-corrected chi connectivity index (χ1v) is 7.97. The molecule has 1 aliphatic heterocycles. The summed E-state index contributed by atoms with van der Waals surface area (Å²) in [7, 11) is 3.64. The van der Waals surface area contributed by atoms with Crippen LogP contribution in [0.1, 0.15) is 5.56 Å². The highest BCUT2D eigenvalue weighted by atomic mass is 16.2. The quantitative estimate of drug-likeness (QED) is 0.619. The van der Waals surface area contributed by atoms with Crippen LogP contribution in [0.5, 0.6) is 0 Å². The predicted molar refractivity (Wildman–Crippen MR) is 89.7 cm³/mol. The van der Waals surface area contributed by atoms with Gasteiger partial charge >= 0.3 is 0 Å². The van der Waals surface area contributed by atoms with Crippen LogP contribution in [0.15, 0.2) is 30.3 Å². The Balaban J connectivity index is 2.02. The molecule has 0 bridgehead atoms. The molecule has 0 aromatic heterocycles. The normalized spacial score (nSPS) is 19.0. The largest absolute Gasteiger partial charge is 0.311 e. The van der Waals surface area contributed by atoms with Crippen molar-refractivity contribution in [3.63, 3.8) is 0 Å². The maximum atomic E-state index is 12.2. The van der Waals surface area contributed by atoms with Crippen LogP contribution in [-0.4, -0.2) is 84.9 Å². The molecule has 1 aromatic rings. The van der Waals surface area contributed by atoms with E-state index in [0.29, 0.717) is 19.2 Å². The van der Waals surface area contributed by atoms with E-state index in [9.17, 15) is 14.4 Å². The van der Waals surface area contributed by atoms with Gasteiger partial charge in [-0.15, -0.1) is 0 Å². The van der Waals surface area contributed by atoms with Gasteiger partial charge in [0.05, 0.1) is 13.1 Å². The van der Waals surface area contributed by atoms with Gasteiger partial charge in [-0.1, -0.05) is 30.3 Å². The van der Waals surface area contributed by atoms with Crippen molar-refractivity contribution in [1.82, 2.24) is 19.8 Å². The predicted octanol–water partition coefficient (Wildman–Crippen LogP) is -0.167. The number of aldehydes is 1. The molecule has 1 saturated heterocycles. The highest BCUT2D eigenvalue weighted by Gasteiger charge is 2.36. The number of likely N-dealkylation sites (N-methyl/N-ethyl adjacent to an activating group) is 2. The molecule has 130 valence electrons. The molecule has 1 aliphatic rings. The number of amides is 2. The van der Waals surface area contributed by atoms with E-state index >= 15 is 0 Å². The van der Waals surface area contributed by atoms with Crippen LogP contribution < -0.4 is 0 Å². The summed E-state index contributed by atoms with van der Waals surface area (Å²) in [5.74, 6) is -0.149. The summed E-state index contributed by atoms with van der Waals surface area (Å²) in [6.07, 6.45) is 1.81.